The predicted molar refractivity (Wildman–Crippen MR) is 76.4 cm³/mol. The summed E-state index contributed by atoms with van der Waals surface area (Å²) in [6, 6.07) is -0.697. The molecular formula is C13H16Cl2N2O3. The van der Waals surface area contributed by atoms with Crippen LogP contribution in [0.1, 0.15) is 44.8 Å². The molecule has 0 radical (unpaired) electrons. The van der Waals surface area contributed by atoms with Gasteiger partial charge in [0.2, 0.25) is 0 Å². The van der Waals surface area contributed by atoms with Crippen LogP contribution in [0.2, 0.25) is 10.3 Å². The van der Waals surface area contributed by atoms with E-state index in [2.05, 4.69) is 4.98 Å². The van der Waals surface area contributed by atoms with Crippen molar-refractivity contribution in [3.63, 3.8) is 0 Å². The Balaban J connectivity index is 2.72. The number of hydrogen-bond acceptors (Lipinski definition) is 4. The number of ether oxygens (including phenoxy) is 1. The summed E-state index contributed by atoms with van der Waals surface area (Å²) in [6.45, 7) is 4.02. The average Bonchev–Trinajstić information content (AvgIpc) is 2.70. The highest BCUT2D eigenvalue weighted by Gasteiger charge is 2.46. The molecule has 1 aromatic rings. The van der Waals surface area contributed by atoms with Crippen molar-refractivity contribution in [2.24, 2.45) is 0 Å². The molecule has 2 atom stereocenters. The van der Waals surface area contributed by atoms with E-state index in [4.69, 9.17) is 27.9 Å². The number of carbonyl (C=O) groups is 1. The fourth-order valence-corrected chi connectivity index (χ4v) is 3.66. The first-order chi connectivity index (χ1) is 9.35. The first-order valence-electron chi connectivity index (χ1n) is 6.41. The van der Waals surface area contributed by atoms with E-state index in [-0.39, 0.29) is 15.7 Å². The average molecular weight is 319 g/mol. The fourth-order valence-electron chi connectivity index (χ4n) is 3.04. The highest BCUT2D eigenvalue weighted by atomic mass is 35.5. The second-order valence-corrected chi connectivity index (χ2v) is 5.99. The van der Waals surface area contributed by atoms with Gasteiger partial charge in [0.15, 0.2) is 10.3 Å². The van der Waals surface area contributed by atoms with Crippen LogP contribution in [0.3, 0.4) is 0 Å². The molecule has 1 aromatic heterocycles. The van der Waals surface area contributed by atoms with Gasteiger partial charge in [-0.25, -0.2) is 9.78 Å². The van der Waals surface area contributed by atoms with Crippen molar-refractivity contribution in [3.05, 3.63) is 26.4 Å². The maximum atomic E-state index is 12.2. The van der Waals surface area contributed by atoms with Crippen LogP contribution >= 0.6 is 23.2 Å². The third-order valence-electron chi connectivity index (χ3n) is 3.83. The monoisotopic (exact) mass is 318 g/mol. The lowest BCUT2D eigenvalue weighted by molar-refractivity contribution is -0.144. The number of rotatable bonds is 3. The number of hydrogen-bond donors (Lipinski definition) is 0. The second kappa shape index (κ2) is 5.37. The lowest BCUT2D eigenvalue weighted by atomic mass is 9.80. The Morgan fingerprint density at radius 2 is 2.15 bits per heavy atom. The lowest BCUT2D eigenvalue weighted by Crippen LogP contribution is -2.30. The normalized spacial score (nSPS) is 24.6. The molecule has 20 heavy (non-hydrogen) atoms. The van der Waals surface area contributed by atoms with Gasteiger partial charge in [0, 0.05) is 5.41 Å². The summed E-state index contributed by atoms with van der Waals surface area (Å²) in [6.07, 6.45) is 2.16. The Morgan fingerprint density at radius 1 is 1.50 bits per heavy atom. The smallest absolute Gasteiger partial charge is 0.329 e. The Labute approximate surface area is 126 Å². The van der Waals surface area contributed by atoms with Crippen molar-refractivity contribution in [2.45, 2.75) is 44.6 Å². The van der Waals surface area contributed by atoms with Gasteiger partial charge >= 0.3 is 5.97 Å². The molecule has 0 fully saturated rings. The molecule has 1 aliphatic rings. The predicted octanol–water partition coefficient (Wildman–Crippen LogP) is 2.73. The number of methoxy groups -OCH3 is 1. The first-order valence-corrected chi connectivity index (χ1v) is 7.17. The van der Waals surface area contributed by atoms with Crippen molar-refractivity contribution in [1.29, 1.82) is 0 Å². The fraction of sp³-hybridized carbons (Fsp3) is 0.615. The SMILES string of the molecule is CCC[C@]1(C)C[C@@H](C(=O)OC)n2c1c(Cl)nc(Cl)c2=O. The van der Waals surface area contributed by atoms with Gasteiger partial charge in [0.05, 0.1) is 12.8 Å². The minimum atomic E-state index is -0.697. The minimum Gasteiger partial charge on any atom is -0.467 e. The quantitative estimate of drug-likeness (QED) is 0.804. The van der Waals surface area contributed by atoms with Crippen molar-refractivity contribution in [2.75, 3.05) is 7.11 Å². The number of carbonyl (C=O) groups excluding carboxylic acids is 1. The number of nitrogens with zero attached hydrogens (tertiary/aromatic N) is 2. The molecule has 0 aromatic carbocycles. The van der Waals surface area contributed by atoms with Crippen molar-refractivity contribution in [1.82, 2.24) is 9.55 Å². The summed E-state index contributed by atoms with van der Waals surface area (Å²) in [5, 5.41) is -0.0506. The van der Waals surface area contributed by atoms with Crippen molar-refractivity contribution in [3.8, 4) is 0 Å². The third-order valence-corrected chi connectivity index (χ3v) is 4.34. The maximum Gasteiger partial charge on any atom is 0.329 e. The summed E-state index contributed by atoms with van der Waals surface area (Å²) in [5.41, 5.74) is -0.311. The van der Waals surface area contributed by atoms with Gasteiger partial charge < -0.3 is 4.74 Å². The largest absolute Gasteiger partial charge is 0.467 e. The second-order valence-electron chi connectivity index (χ2n) is 5.27. The van der Waals surface area contributed by atoms with Crippen LogP contribution in [0, 0.1) is 0 Å². The molecule has 1 aliphatic heterocycles. The van der Waals surface area contributed by atoms with Crippen molar-refractivity contribution < 1.29 is 9.53 Å². The molecule has 5 nitrogen and oxygen atoms in total. The van der Waals surface area contributed by atoms with Gasteiger partial charge in [-0.05, 0) is 12.8 Å². The van der Waals surface area contributed by atoms with Gasteiger partial charge in [0.1, 0.15) is 6.04 Å². The van der Waals surface area contributed by atoms with Crippen LogP contribution in [0.25, 0.3) is 0 Å². The zero-order chi connectivity index (χ0) is 15.1. The summed E-state index contributed by atoms with van der Waals surface area (Å²) in [7, 11) is 1.30. The molecule has 0 unspecified atom stereocenters. The molecule has 2 heterocycles. The van der Waals surface area contributed by atoms with Crippen LogP contribution in [0.5, 0.6) is 0 Å². The highest BCUT2D eigenvalue weighted by Crippen LogP contribution is 2.46. The van der Waals surface area contributed by atoms with Gasteiger partial charge in [-0.3, -0.25) is 9.36 Å². The van der Waals surface area contributed by atoms with Gasteiger partial charge in [-0.1, -0.05) is 43.5 Å². The minimum absolute atomic E-state index is 0.178. The molecule has 0 aliphatic carbocycles. The van der Waals surface area contributed by atoms with E-state index in [0.29, 0.717) is 12.1 Å². The van der Waals surface area contributed by atoms with Crippen molar-refractivity contribution >= 4 is 29.2 Å². The topological polar surface area (TPSA) is 61.2 Å². The summed E-state index contributed by atoms with van der Waals surface area (Å²) < 4.78 is 6.14. The summed E-state index contributed by atoms with van der Waals surface area (Å²) in [5.74, 6) is -0.466. The van der Waals surface area contributed by atoms with E-state index in [1.54, 1.807) is 0 Å². The number of aromatic nitrogens is 2. The Kier molecular flexibility index (Phi) is 4.12. The van der Waals surface area contributed by atoms with Gasteiger partial charge in [-0.15, -0.1) is 0 Å². The zero-order valence-electron chi connectivity index (χ0n) is 11.6. The van der Waals surface area contributed by atoms with E-state index >= 15 is 0 Å². The molecule has 7 heteroatoms. The molecule has 0 N–H and O–H groups in total. The van der Waals surface area contributed by atoms with E-state index in [1.165, 1.54) is 11.7 Å². The van der Waals surface area contributed by atoms with Crippen LogP contribution in [-0.4, -0.2) is 22.6 Å². The molecular weight excluding hydrogens is 303 g/mol. The number of halogens is 2. The molecule has 0 saturated heterocycles. The van der Waals surface area contributed by atoms with Gasteiger partial charge in [-0.2, -0.15) is 0 Å². The standard InChI is InChI=1S/C13H16Cl2N2O3/c1-4-5-13(2)6-7(12(19)20-3)17-8(13)9(14)16-10(15)11(17)18/h7H,4-6H2,1-3H3/t7-,13+/m0/s1. The third kappa shape index (κ3) is 2.23. The number of esters is 1. The van der Waals surface area contributed by atoms with Crippen LogP contribution in [0.15, 0.2) is 4.79 Å². The molecule has 0 saturated carbocycles. The molecule has 0 amide bonds. The van der Waals surface area contributed by atoms with Crippen LogP contribution in [-0.2, 0) is 14.9 Å². The first kappa shape index (κ1) is 15.3. The van der Waals surface area contributed by atoms with E-state index in [0.717, 1.165) is 12.8 Å². The zero-order valence-corrected chi connectivity index (χ0v) is 13.1. The van der Waals surface area contributed by atoms with Crippen LogP contribution in [0.4, 0.5) is 0 Å². The lowest BCUT2D eigenvalue weighted by Gasteiger charge is -2.24. The Bertz CT molecular complexity index is 614. The summed E-state index contributed by atoms with van der Waals surface area (Å²) in [4.78, 5) is 28.1. The summed E-state index contributed by atoms with van der Waals surface area (Å²) >= 11 is 12.0. The molecule has 0 bridgehead atoms. The van der Waals surface area contributed by atoms with E-state index in [1.807, 2.05) is 13.8 Å². The Morgan fingerprint density at radius 3 is 2.70 bits per heavy atom. The van der Waals surface area contributed by atoms with E-state index in [9.17, 15) is 9.59 Å². The van der Waals surface area contributed by atoms with E-state index < -0.39 is 17.6 Å². The molecule has 2 rings (SSSR count). The number of fused-ring (bicyclic) bond motifs is 1. The Hall–Kier alpha value is -1.07. The highest BCUT2D eigenvalue weighted by molar-refractivity contribution is 6.32. The van der Waals surface area contributed by atoms with Gasteiger partial charge in [0.25, 0.3) is 5.56 Å². The van der Waals surface area contributed by atoms with Crippen LogP contribution < -0.4 is 5.56 Å². The molecule has 110 valence electrons. The molecule has 0 spiro atoms. The maximum absolute atomic E-state index is 12.2.